The third-order valence-electron chi connectivity index (χ3n) is 6.30. The van der Waals surface area contributed by atoms with Gasteiger partial charge in [0.05, 0.1) is 11.8 Å². The maximum atomic E-state index is 13.8. The van der Waals surface area contributed by atoms with E-state index in [-0.39, 0.29) is 24.3 Å². The summed E-state index contributed by atoms with van der Waals surface area (Å²) in [5.41, 5.74) is 4.88. The topological polar surface area (TPSA) is 74.1 Å². The van der Waals surface area contributed by atoms with E-state index in [1.807, 2.05) is 55.5 Å². The minimum Gasteiger partial charge on any atom is -0.326 e. The zero-order chi connectivity index (χ0) is 26.1. The van der Waals surface area contributed by atoms with E-state index in [1.54, 1.807) is 24.1 Å². The minimum atomic E-state index is -0.685. The van der Waals surface area contributed by atoms with Crippen LogP contribution in [-0.4, -0.2) is 33.0 Å². The van der Waals surface area contributed by atoms with Crippen molar-refractivity contribution >= 4 is 51.7 Å². The molecule has 0 aromatic heterocycles. The van der Waals surface area contributed by atoms with Gasteiger partial charge in [-0.3, -0.25) is 9.59 Å². The molecule has 3 aromatic rings. The van der Waals surface area contributed by atoms with Crippen molar-refractivity contribution < 1.29 is 14.0 Å². The van der Waals surface area contributed by atoms with Gasteiger partial charge in [-0.25, -0.2) is 9.40 Å². The van der Waals surface area contributed by atoms with Crippen LogP contribution in [0.25, 0.3) is 0 Å². The summed E-state index contributed by atoms with van der Waals surface area (Å²) in [6, 6.07) is 20.0. The number of rotatable bonds is 5. The summed E-state index contributed by atoms with van der Waals surface area (Å²) in [5.74, 6) is -1.18. The van der Waals surface area contributed by atoms with Gasteiger partial charge < -0.3 is 5.32 Å². The monoisotopic (exact) mass is 534 g/mol. The Hall–Kier alpha value is -3.49. The van der Waals surface area contributed by atoms with Crippen molar-refractivity contribution in [1.29, 1.82) is 0 Å². The maximum absolute atomic E-state index is 13.8. The number of amides is 2. The smallest absolute Gasteiger partial charge is 0.262 e. The van der Waals surface area contributed by atoms with Crippen LogP contribution in [0.15, 0.2) is 76.8 Å². The lowest BCUT2D eigenvalue weighted by atomic mass is 9.98. The quantitative estimate of drug-likeness (QED) is 0.418. The van der Waals surface area contributed by atoms with Crippen molar-refractivity contribution in [1.82, 2.24) is 5.01 Å². The average Bonchev–Trinajstić information content (AvgIpc) is 3.46. The molecule has 0 aliphatic carbocycles. The molecule has 3 aromatic carbocycles. The third-order valence-corrected chi connectivity index (χ3v) is 7.70. The first-order valence-corrected chi connectivity index (χ1v) is 13.1. The van der Waals surface area contributed by atoms with E-state index in [0.29, 0.717) is 27.9 Å². The summed E-state index contributed by atoms with van der Waals surface area (Å²) in [6.07, 6.45) is 0.544. The van der Waals surface area contributed by atoms with Crippen LogP contribution in [0.1, 0.15) is 41.1 Å². The van der Waals surface area contributed by atoms with Crippen LogP contribution < -0.4 is 5.32 Å². The highest BCUT2D eigenvalue weighted by atomic mass is 35.5. The molecule has 2 aliphatic rings. The Balaban J connectivity index is 1.34. The van der Waals surface area contributed by atoms with Gasteiger partial charge in [-0.2, -0.15) is 10.1 Å². The van der Waals surface area contributed by atoms with E-state index < -0.39 is 11.1 Å². The number of aliphatic imine (C=N–C) groups is 1. The zero-order valence-electron chi connectivity index (χ0n) is 20.2. The number of aryl methyl sites for hydroxylation is 2. The van der Waals surface area contributed by atoms with Crippen LogP contribution in [0, 0.1) is 19.7 Å². The number of thioether (sulfide) groups is 1. The number of carbonyl (C=O) groups is 2. The van der Waals surface area contributed by atoms with Crippen molar-refractivity contribution in [3.8, 4) is 0 Å². The molecule has 1 N–H and O–H groups in total. The van der Waals surface area contributed by atoms with Crippen LogP contribution in [0.5, 0.6) is 0 Å². The number of hydrogen-bond acceptors (Lipinski definition) is 5. The fraction of sp³-hybridized carbons (Fsp3) is 0.214. The molecule has 188 valence electrons. The number of benzene rings is 3. The molecule has 2 aliphatic heterocycles. The van der Waals surface area contributed by atoms with Crippen molar-refractivity contribution in [2.75, 3.05) is 5.32 Å². The zero-order valence-corrected chi connectivity index (χ0v) is 21.8. The lowest BCUT2D eigenvalue weighted by molar-refractivity contribution is -0.121. The summed E-state index contributed by atoms with van der Waals surface area (Å²) in [7, 11) is 0. The molecule has 2 atom stereocenters. The summed E-state index contributed by atoms with van der Waals surface area (Å²) in [5, 5.41) is 9.69. The molecule has 0 fully saturated rings. The predicted molar refractivity (Wildman–Crippen MR) is 147 cm³/mol. The van der Waals surface area contributed by atoms with Crippen molar-refractivity contribution in [2.24, 2.45) is 10.1 Å². The maximum Gasteiger partial charge on any atom is 0.262 e. The average molecular weight is 535 g/mol. The van der Waals surface area contributed by atoms with Gasteiger partial charge in [0.15, 0.2) is 5.17 Å². The van der Waals surface area contributed by atoms with Gasteiger partial charge in [0.1, 0.15) is 11.1 Å². The van der Waals surface area contributed by atoms with Crippen LogP contribution in [0.2, 0.25) is 5.02 Å². The molecule has 5 rings (SSSR count). The van der Waals surface area contributed by atoms with Gasteiger partial charge >= 0.3 is 0 Å². The lowest BCUT2D eigenvalue weighted by Gasteiger charge is -2.23. The highest BCUT2D eigenvalue weighted by molar-refractivity contribution is 8.15. The molecule has 2 heterocycles. The Morgan fingerprint density at radius 2 is 1.84 bits per heavy atom. The number of halogens is 2. The number of nitrogens with zero attached hydrogens (tertiary/aromatic N) is 3. The molecule has 37 heavy (non-hydrogen) atoms. The largest absolute Gasteiger partial charge is 0.326 e. The van der Waals surface area contributed by atoms with Crippen molar-refractivity contribution in [3.63, 3.8) is 0 Å². The molecule has 0 saturated heterocycles. The van der Waals surface area contributed by atoms with E-state index in [1.165, 1.54) is 17.8 Å². The number of hydrazone groups is 1. The molecular weight excluding hydrogens is 511 g/mol. The van der Waals surface area contributed by atoms with E-state index in [2.05, 4.69) is 10.3 Å². The molecule has 2 amide bonds. The van der Waals surface area contributed by atoms with Gasteiger partial charge in [0.2, 0.25) is 5.91 Å². The SMILES string of the molecule is Cc1ccc(C2=NN(C3=NC(=O)[C@H](CC(=O)Nc4ccc(C)c(F)c4)S3)[C@@H](c3ccc(Cl)cc3)C2)cc1. The van der Waals surface area contributed by atoms with E-state index in [9.17, 15) is 14.0 Å². The Bertz CT molecular complexity index is 1420. The Morgan fingerprint density at radius 3 is 2.54 bits per heavy atom. The Labute approximate surface area is 223 Å². The standard InChI is InChI=1S/C28H24ClFN4O2S/c1-16-3-6-18(7-4-16)23-14-24(19-8-10-20(29)11-9-19)34(33-23)28-32-27(36)25(37-28)15-26(35)31-21-12-5-17(2)22(30)13-21/h3-13,24-25H,14-15H2,1-2H3,(H,31,35)/t24-,25+/m1/s1. The van der Waals surface area contributed by atoms with E-state index in [0.717, 1.165) is 22.4 Å². The van der Waals surface area contributed by atoms with Crippen molar-refractivity contribution in [3.05, 3.63) is 99.8 Å². The molecule has 6 nitrogen and oxygen atoms in total. The van der Waals surface area contributed by atoms with Gasteiger partial charge in [0.25, 0.3) is 5.91 Å². The van der Waals surface area contributed by atoms with Gasteiger partial charge in [-0.15, -0.1) is 0 Å². The fourth-order valence-corrected chi connectivity index (χ4v) is 5.39. The first-order valence-electron chi connectivity index (χ1n) is 11.8. The molecule has 0 saturated carbocycles. The molecule has 9 heteroatoms. The molecular formula is C28H24ClFN4O2S. The van der Waals surface area contributed by atoms with Gasteiger partial charge in [-0.1, -0.05) is 71.4 Å². The van der Waals surface area contributed by atoms with E-state index in [4.69, 9.17) is 16.7 Å². The lowest BCUT2D eigenvalue weighted by Crippen LogP contribution is -2.25. The molecule has 0 bridgehead atoms. The number of anilines is 1. The molecule has 0 spiro atoms. The summed E-state index contributed by atoms with van der Waals surface area (Å²) < 4.78 is 13.8. The van der Waals surface area contributed by atoms with Gasteiger partial charge in [0, 0.05) is 23.6 Å². The highest BCUT2D eigenvalue weighted by Crippen LogP contribution is 2.39. The summed E-state index contributed by atoms with van der Waals surface area (Å²) in [6.45, 7) is 3.68. The normalized spacial score (nSPS) is 19.1. The number of carbonyl (C=O) groups excluding carboxylic acids is 2. The molecule has 0 radical (unpaired) electrons. The fourth-order valence-electron chi connectivity index (χ4n) is 4.21. The summed E-state index contributed by atoms with van der Waals surface area (Å²) in [4.78, 5) is 29.6. The van der Waals surface area contributed by atoms with Crippen molar-refractivity contribution in [2.45, 2.75) is 38.0 Å². The van der Waals surface area contributed by atoms with Crippen LogP contribution in [0.4, 0.5) is 10.1 Å². The van der Waals surface area contributed by atoms with Crippen LogP contribution in [0.3, 0.4) is 0 Å². The second kappa shape index (κ2) is 10.5. The Morgan fingerprint density at radius 1 is 1.11 bits per heavy atom. The number of hydrogen-bond donors (Lipinski definition) is 1. The number of amidine groups is 1. The third kappa shape index (κ3) is 5.60. The predicted octanol–water partition coefficient (Wildman–Crippen LogP) is 6.27. The van der Waals surface area contributed by atoms with Crippen LogP contribution in [-0.2, 0) is 9.59 Å². The summed E-state index contributed by atoms with van der Waals surface area (Å²) >= 11 is 7.33. The second-order valence-electron chi connectivity index (χ2n) is 9.08. The van der Waals surface area contributed by atoms with Crippen LogP contribution >= 0.6 is 23.4 Å². The van der Waals surface area contributed by atoms with E-state index >= 15 is 0 Å². The Kier molecular flexibility index (Phi) is 7.13. The van der Waals surface area contributed by atoms with Gasteiger partial charge in [-0.05, 0) is 54.8 Å². The number of nitrogens with one attached hydrogen (secondary N) is 1. The first-order chi connectivity index (χ1) is 17.8. The minimum absolute atomic E-state index is 0.0834. The first kappa shape index (κ1) is 25.2. The highest BCUT2D eigenvalue weighted by Gasteiger charge is 2.39. The molecule has 0 unspecified atom stereocenters. The second-order valence-corrected chi connectivity index (χ2v) is 10.7.